The van der Waals surface area contributed by atoms with Crippen LogP contribution in [0.15, 0.2) is 18.2 Å². The SMILES string of the molecule is CCCCc1ccc(F)cc1OCCN[C@H](C(=O)N(C)[C@H](C)C(C)=O)C1CC1. The number of nitrogens with zero attached hydrogens (tertiary/aromatic N) is 1. The van der Waals surface area contributed by atoms with E-state index < -0.39 is 6.04 Å². The number of halogens is 1. The highest BCUT2D eigenvalue weighted by molar-refractivity contribution is 5.89. The lowest BCUT2D eigenvalue weighted by atomic mass is 10.1. The average molecular weight is 393 g/mol. The highest BCUT2D eigenvalue weighted by Crippen LogP contribution is 2.33. The van der Waals surface area contributed by atoms with Gasteiger partial charge in [0.15, 0.2) is 5.78 Å². The second kappa shape index (κ2) is 10.6. The molecule has 156 valence electrons. The summed E-state index contributed by atoms with van der Waals surface area (Å²) >= 11 is 0. The van der Waals surface area contributed by atoms with Gasteiger partial charge in [-0.2, -0.15) is 0 Å². The number of ether oxygens (including phenoxy) is 1. The maximum atomic E-state index is 13.6. The van der Waals surface area contributed by atoms with Gasteiger partial charge in [-0.1, -0.05) is 19.4 Å². The van der Waals surface area contributed by atoms with Gasteiger partial charge in [-0.25, -0.2) is 4.39 Å². The summed E-state index contributed by atoms with van der Waals surface area (Å²) in [7, 11) is 1.68. The molecule has 2 rings (SSSR count). The first-order valence-corrected chi connectivity index (χ1v) is 10.3. The summed E-state index contributed by atoms with van der Waals surface area (Å²) in [5.41, 5.74) is 1.01. The third-order valence-electron chi connectivity index (χ3n) is 5.43. The second-order valence-corrected chi connectivity index (χ2v) is 7.71. The Balaban J connectivity index is 1.89. The fourth-order valence-electron chi connectivity index (χ4n) is 3.18. The Morgan fingerprint density at radius 1 is 1.36 bits per heavy atom. The van der Waals surface area contributed by atoms with Gasteiger partial charge in [-0.15, -0.1) is 0 Å². The summed E-state index contributed by atoms with van der Waals surface area (Å²) in [5, 5.41) is 3.28. The van der Waals surface area contributed by atoms with Crippen LogP contribution < -0.4 is 10.1 Å². The number of Topliss-reactive ketones (excluding diaryl/α,β-unsaturated/α-hetero) is 1. The van der Waals surface area contributed by atoms with Gasteiger partial charge in [-0.05, 0) is 57.1 Å². The highest BCUT2D eigenvalue weighted by atomic mass is 19.1. The molecule has 1 amide bonds. The summed E-state index contributed by atoms with van der Waals surface area (Å²) in [4.78, 5) is 25.9. The summed E-state index contributed by atoms with van der Waals surface area (Å²) in [6.45, 7) is 6.20. The summed E-state index contributed by atoms with van der Waals surface area (Å²) in [5.74, 6) is 0.489. The van der Waals surface area contributed by atoms with Crippen molar-refractivity contribution in [1.82, 2.24) is 10.2 Å². The van der Waals surface area contributed by atoms with Crippen LogP contribution in [0.25, 0.3) is 0 Å². The lowest BCUT2D eigenvalue weighted by molar-refractivity contribution is -0.139. The zero-order valence-corrected chi connectivity index (χ0v) is 17.5. The predicted molar refractivity (Wildman–Crippen MR) is 108 cm³/mol. The zero-order valence-electron chi connectivity index (χ0n) is 17.5. The molecule has 6 heteroatoms. The molecule has 0 heterocycles. The third-order valence-corrected chi connectivity index (χ3v) is 5.43. The Morgan fingerprint density at radius 2 is 2.07 bits per heavy atom. The van der Waals surface area contributed by atoms with Gasteiger partial charge in [0.25, 0.3) is 0 Å². The number of unbranched alkanes of at least 4 members (excludes halogenated alkanes) is 1. The quantitative estimate of drug-likeness (QED) is 0.554. The summed E-state index contributed by atoms with van der Waals surface area (Å²) < 4.78 is 19.4. The fraction of sp³-hybridized carbons (Fsp3) is 0.636. The van der Waals surface area contributed by atoms with Crippen LogP contribution in [0.2, 0.25) is 0 Å². The van der Waals surface area contributed by atoms with Gasteiger partial charge in [0, 0.05) is 19.7 Å². The van der Waals surface area contributed by atoms with E-state index in [2.05, 4.69) is 12.2 Å². The van der Waals surface area contributed by atoms with E-state index in [1.165, 1.54) is 24.0 Å². The van der Waals surface area contributed by atoms with E-state index in [9.17, 15) is 14.0 Å². The van der Waals surface area contributed by atoms with Crippen molar-refractivity contribution in [2.75, 3.05) is 20.2 Å². The second-order valence-electron chi connectivity index (χ2n) is 7.71. The van der Waals surface area contributed by atoms with E-state index in [1.807, 2.05) is 0 Å². The molecule has 0 bridgehead atoms. The van der Waals surface area contributed by atoms with E-state index in [0.29, 0.717) is 24.8 Å². The molecule has 1 aromatic carbocycles. The molecule has 0 aliphatic heterocycles. The van der Waals surface area contributed by atoms with Crippen LogP contribution in [-0.2, 0) is 16.0 Å². The van der Waals surface area contributed by atoms with Crippen LogP contribution in [0.4, 0.5) is 4.39 Å². The fourth-order valence-corrected chi connectivity index (χ4v) is 3.18. The van der Waals surface area contributed by atoms with Gasteiger partial charge in [-0.3, -0.25) is 9.59 Å². The number of hydrogen-bond acceptors (Lipinski definition) is 4. The molecule has 5 nitrogen and oxygen atoms in total. The van der Waals surface area contributed by atoms with E-state index in [1.54, 1.807) is 20.0 Å². The standard InChI is InChI=1S/C22H33FN2O3/c1-5-6-7-17-10-11-19(23)14-20(17)28-13-12-24-21(18-8-9-18)22(27)25(4)15(2)16(3)26/h10-11,14-15,18,21,24H,5-9,12-13H2,1-4H3/t15-,21+/m1/s1. The molecule has 1 aromatic rings. The number of hydrogen-bond donors (Lipinski definition) is 1. The number of ketones is 1. The molecule has 0 aromatic heterocycles. The molecule has 1 fully saturated rings. The van der Waals surface area contributed by atoms with E-state index >= 15 is 0 Å². The van der Waals surface area contributed by atoms with E-state index in [4.69, 9.17) is 4.74 Å². The lowest BCUT2D eigenvalue weighted by Gasteiger charge is -2.28. The Hall–Kier alpha value is -1.95. The van der Waals surface area contributed by atoms with Crippen molar-refractivity contribution >= 4 is 11.7 Å². The first kappa shape index (κ1) is 22.3. The number of rotatable bonds is 12. The van der Waals surface area contributed by atoms with Crippen LogP contribution in [0.3, 0.4) is 0 Å². The van der Waals surface area contributed by atoms with E-state index in [-0.39, 0.29) is 23.5 Å². The van der Waals surface area contributed by atoms with Crippen molar-refractivity contribution in [3.63, 3.8) is 0 Å². The molecule has 1 aliphatic rings. The van der Waals surface area contributed by atoms with Crippen molar-refractivity contribution < 1.29 is 18.7 Å². The molecular weight excluding hydrogens is 359 g/mol. The van der Waals surface area contributed by atoms with Crippen molar-refractivity contribution in [2.24, 2.45) is 5.92 Å². The van der Waals surface area contributed by atoms with Crippen molar-refractivity contribution in [3.05, 3.63) is 29.6 Å². The number of aryl methyl sites for hydroxylation is 1. The van der Waals surface area contributed by atoms with Crippen LogP contribution >= 0.6 is 0 Å². The predicted octanol–water partition coefficient (Wildman–Crippen LogP) is 3.35. The number of benzene rings is 1. The number of amides is 1. The maximum absolute atomic E-state index is 13.6. The average Bonchev–Trinajstić information content (AvgIpc) is 3.50. The molecule has 0 spiro atoms. The minimum absolute atomic E-state index is 0.0283. The minimum atomic E-state index is -0.430. The molecule has 28 heavy (non-hydrogen) atoms. The Labute approximate surface area is 167 Å². The summed E-state index contributed by atoms with van der Waals surface area (Å²) in [6, 6.07) is 3.94. The topological polar surface area (TPSA) is 58.6 Å². The van der Waals surface area contributed by atoms with Gasteiger partial charge >= 0.3 is 0 Å². The van der Waals surface area contributed by atoms with Crippen molar-refractivity contribution in [3.8, 4) is 5.75 Å². The van der Waals surface area contributed by atoms with Gasteiger partial charge in [0.2, 0.25) is 5.91 Å². The molecule has 1 aliphatic carbocycles. The van der Waals surface area contributed by atoms with Crippen molar-refractivity contribution in [2.45, 2.75) is 65.0 Å². The molecule has 1 N–H and O–H groups in total. The number of carbonyl (C=O) groups is 2. The van der Waals surface area contributed by atoms with Gasteiger partial charge in [0.1, 0.15) is 18.2 Å². The van der Waals surface area contributed by atoms with Crippen molar-refractivity contribution in [1.29, 1.82) is 0 Å². The first-order valence-electron chi connectivity index (χ1n) is 10.3. The van der Waals surface area contributed by atoms with Gasteiger partial charge < -0.3 is 15.0 Å². The maximum Gasteiger partial charge on any atom is 0.240 e. The highest BCUT2D eigenvalue weighted by Gasteiger charge is 2.38. The summed E-state index contributed by atoms with van der Waals surface area (Å²) in [6.07, 6.45) is 4.97. The van der Waals surface area contributed by atoms with Crippen LogP contribution in [-0.4, -0.2) is 48.9 Å². The zero-order chi connectivity index (χ0) is 20.7. The normalized spacial score (nSPS) is 15.8. The molecule has 0 radical (unpaired) electrons. The molecule has 0 unspecified atom stereocenters. The largest absolute Gasteiger partial charge is 0.492 e. The Kier molecular flexibility index (Phi) is 8.42. The number of likely N-dealkylation sites (N-methyl/N-ethyl adjacent to an activating group) is 1. The smallest absolute Gasteiger partial charge is 0.240 e. The monoisotopic (exact) mass is 392 g/mol. The molecule has 2 atom stereocenters. The van der Waals surface area contributed by atoms with Crippen LogP contribution in [0.1, 0.15) is 52.0 Å². The van der Waals surface area contributed by atoms with Crippen LogP contribution in [0.5, 0.6) is 5.75 Å². The number of carbonyl (C=O) groups excluding carboxylic acids is 2. The Bertz CT molecular complexity index is 676. The molecular formula is C22H33FN2O3. The first-order chi connectivity index (χ1) is 13.3. The lowest BCUT2D eigenvalue weighted by Crippen LogP contribution is -2.51. The van der Waals surface area contributed by atoms with Gasteiger partial charge in [0.05, 0.1) is 12.1 Å². The minimum Gasteiger partial charge on any atom is -0.492 e. The Morgan fingerprint density at radius 3 is 2.68 bits per heavy atom. The van der Waals surface area contributed by atoms with E-state index in [0.717, 1.165) is 37.7 Å². The third kappa shape index (κ3) is 6.30. The molecule has 0 saturated heterocycles. The molecule has 1 saturated carbocycles. The number of nitrogens with one attached hydrogen (secondary N) is 1. The van der Waals surface area contributed by atoms with Crippen LogP contribution in [0, 0.1) is 11.7 Å².